The predicted molar refractivity (Wildman–Crippen MR) is 51.8 cm³/mol. The van der Waals surface area contributed by atoms with E-state index in [4.69, 9.17) is 4.74 Å². The summed E-state index contributed by atoms with van der Waals surface area (Å²) in [5.41, 5.74) is 0.118. The van der Waals surface area contributed by atoms with E-state index in [0.717, 1.165) is 5.76 Å². The van der Waals surface area contributed by atoms with Gasteiger partial charge in [-0.3, -0.25) is 0 Å². The minimum Gasteiger partial charge on any atom is -0.488 e. The second-order valence-electron chi connectivity index (χ2n) is 3.34. The second-order valence-corrected chi connectivity index (χ2v) is 3.34. The molecular formula is C11H16O. The van der Waals surface area contributed by atoms with E-state index >= 15 is 0 Å². The lowest BCUT2D eigenvalue weighted by Gasteiger charge is -2.12. The molecule has 1 heteroatoms. The van der Waals surface area contributed by atoms with Gasteiger partial charge in [0, 0.05) is 0 Å². The Morgan fingerprint density at radius 3 is 2.58 bits per heavy atom. The van der Waals surface area contributed by atoms with Crippen molar-refractivity contribution in [1.29, 1.82) is 0 Å². The molecule has 1 fully saturated rings. The predicted octanol–water partition coefficient (Wildman–Crippen LogP) is 3.20. The molecule has 0 aromatic rings. The van der Waals surface area contributed by atoms with E-state index in [1.165, 1.54) is 12.8 Å². The third kappa shape index (κ3) is 2.57. The largest absolute Gasteiger partial charge is 0.488 e. The average Bonchev–Trinajstić information content (AvgIpc) is 2.77. The van der Waals surface area contributed by atoms with Gasteiger partial charge in [-0.15, -0.1) is 0 Å². The fraction of sp³-hybridized carbons (Fsp3) is 0.455. The van der Waals surface area contributed by atoms with Crippen LogP contribution in [0, 0.1) is 0 Å². The first-order valence-corrected chi connectivity index (χ1v) is 4.34. The molecule has 0 saturated heterocycles. The van der Waals surface area contributed by atoms with E-state index in [1.807, 2.05) is 25.2 Å². The van der Waals surface area contributed by atoms with Crippen LogP contribution >= 0.6 is 0 Å². The van der Waals surface area contributed by atoms with Gasteiger partial charge in [0.2, 0.25) is 0 Å². The SMILES string of the molecule is C=C/C=C\C(=C/C)OC1(C)CC1. The van der Waals surface area contributed by atoms with Crippen LogP contribution < -0.4 is 0 Å². The molecule has 1 aliphatic rings. The summed E-state index contributed by atoms with van der Waals surface area (Å²) in [6.45, 7) is 7.73. The maximum Gasteiger partial charge on any atom is 0.115 e. The highest BCUT2D eigenvalue weighted by molar-refractivity contribution is 5.17. The summed E-state index contributed by atoms with van der Waals surface area (Å²) in [7, 11) is 0. The minimum atomic E-state index is 0.118. The Morgan fingerprint density at radius 1 is 1.50 bits per heavy atom. The molecule has 0 radical (unpaired) electrons. The molecular weight excluding hydrogens is 148 g/mol. The van der Waals surface area contributed by atoms with Crippen molar-refractivity contribution in [2.75, 3.05) is 0 Å². The Morgan fingerprint density at radius 2 is 2.17 bits per heavy atom. The standard InChI is InChI=1S/C11H16O/c1-4-6-7-10(5-2)12-11(3)8-9-11/h4-7H,1,8-9H2,2-3H3/b7-6-,10-5+. The first kappa shape index (κ1) is 9.11. The normalized spacial score (nSPS) is 21.0. The molecule has 12 heavy (non-hydrogen) atoms. The van der Waals surface area contributed by atoms with Crippen molar-refractivity contribution in [2.45, 2.75) is 32.3 Å². The van der Waals surface area contributed by atoms with Gasteiger partial charge in [-0.2, -0.15) is 0 Å². The zero-order chi connectivity index (χ0) is 9.03. The Kier molecular flexibility index (Phi) is 2.74. The fourth-order valence-corrected chi connectivity index (χ4v) is 0.915. The molecule has 66 valence electrons. The molecule has 1 rings (SSSR count). The number of allylic oxidation sites excluding steroid dienone is 4. The lowest BCUT2D eigenvalue weighted by Crippen LogP contribution is -2.06. The Balaban J connectivity index is 2.46. The van der Waals surface area contributed by atoms with Gasteiger partial charge in [-0.05, 0) is 38.8 Å². The maximum atomic E-state index is 5.73. The zero-order valence-electron chi connectivity index (χ0n) is 7.84. The average molecular weight is 164 g/mol. The summed E-state index contributed by atoms with van der Waals surface area (Å²) in [5.74, 6) is 0.940. The van der Waals surface area contributed by atoms with Crippen molar-refractivity contribution >= 4 is 0 Å². The number of hydrogen-bond acceptors (Lipinski definition) is 1. The van der Waals surface area contributed by atoms with Gasteiger partial charge in [0.1, 0.15) is 11.4 Å². The minimum absolute atomic E-state index is 0.118. The molecule has 0 aromatic carbocycles. The van der Waals surface area contributed by atoms with E-state index < -0.39 is 0 Å². The molecule has 0 atom stereocenters. The molecule has 0 unspecified atom stereocenters. The van der Waals surface area contributed by atoms with E-state index in [0.29, 0.717) is 0 Å². The van der Waals surface area contributed by atoms with Crippen molar-refractivity contribution < 1.29 is 4.74 Å². The van der Waals surface area contributed by atoms with E-state index in [-0.39, 0.29) is 5.60 Å². The van der Waals surface area contributed by atoms with Crippen LogP contribution in [0.4, 0.5) is 0 Å². The van der Waals surface area contributed by atoms with E-state index in [9.17, 15) is 0 Å². The van der Waals surface area contributed by atoms with Crippen molar-refractivity contribution in [1.82, 2.24) is 0 Å². The van der Waals surface area contributed by atoms with Gasteiger partial charge >= 0.3 is 0 Å². The molecule has 0 N–H and O–H groups in total. The Hall–Kier alpha value is -0.980. The smallest absolute Gasteiger partial charge is 0.115 e. The summed E-state index contributed by atoms with van der Waals surface area (Å²) >= 11 is 0. The Bertz CT molecular complexity index is 219. The van der Waals surface area contributed by atoms with Crippen molar-refractivity contribution in [3.05, 3.63) is 36.6 Å². The Labute approximate surface area is 74.4 Å². The van der Waals surface area contributed by atoms with Gasteiger partial charge < -0.3 is 4.74 Å². The van der Waals surface area contributed by atoms with Crippen LogP contribution in [0.1, 0.15) is 26.7 Å². The van der Waals surface area contributed by atoms with Crippen LogP contribution in [0.25, 0.3) is 0 Å². The molecule has 1 aliphatic carbocycles. The van der Waals surface area contributed by atoms with Gasteiger partial charge in [-0.25, -0.2) is 0 Å². The highest BCUT2D eigenvalue weighted by Crippen LogP contribution is 2.40. The number of hydrogen-bond donors (Lipinski definition) is 0. The summed E-state index contributed by atoms with van der Waals surface area (Å²) in [4.78, 5) is 0. The van der Waals surface area contributed by atoms with Gasteiger partial charge in [0.15, 0.2) is 0 Å². The number of ether oxygens (including phenoxy) is 1. The molecule has 0 heterocycles. The summed E-state index contributed by atoms with van der Waals surface area (Å²) in [6.07, 6.45) is 9.90. The third-order valence-corrected chi connectivity index (χ3v) is 2.00. The second kappa shape index (κ2) is 3.61. The summed E-state index contributed by atoms with van der Waals surface area (Å²) in [6, 6.07) is 0. The van der Waals surface area contributed by atoms with Crippen molar-refractivity contribution in [3.8, 4) is 0 Å². The van der Waals surface area contributed by atoms with Crippen LogP contribution in [-0.4, -0.2) is 5.60 Å². The van der Waals surface area contributed by atoms with E-state index in [1.54, 1.807) is 6.08 Å². The first-order chi connectivity index (χ1) is 5.70. The molecule has 0 spiro atoms. The highest BCUT2D eigenvalue weighted by atomic mass is 16.5. The van der Waals surface area contributed by atoms with Crippen molar-refractivity contribution in [3.63, 3.8) is 0 Å². The van der Waals surface area contributed by atoms with Crippen molar-refractivity contribution in [2.24, 2.45) is 0 Å². The zero-order valence-corrected chi connectivity index (χ0v) is 7.84. The number of rotatable bonds is 4. The molecule has 0 aliphatic heterocycles. The molecule has 0 bridgehead atoms. The lowest BCUT2D eigenvalue weighted by atomic mass is 10.3. The molecule has 0 aromatic heterocycles. The lowest BCUT2D eigenvalue weighted by molar-refractivity contribution is 0.119. The van der Waals surface area contributed by atoms with Gasteiger partial charge in [0.05, 0.1) is 0 Å². The quantitative estimate of drug-likeness (QED) is 0.458. The van der Waals surface area contributed by atoms with Crippen LogP contribution in [0.2, 0.25) is 0 Å². The fourth-order valence-electron chi connectivity index (χ4n) is 0.915. The van der Waals surface area contributed by atoms with Crippen LogP contribution in [0.3, 0.4) is 0 Å². The summed E-state index contributed by atoms with van der Waals surface area (Å²) < 4.78 is 5.73. The summed E-state index contributed by atoms with van der Waals surface area (Å²) in [5, 5.41) is 0. The molecule has 1 nitrogen and oxygen atoms in total. The van der Waals surface area contributed by atoms with Crippen LogP contribution in [-0.2, 0) is 4.74 Å². The maximum absolute atomic E-state index is 5.73. The third-order valence-electron chi connectivity index (χ3n) is 2.00. The van der Waals surface area contributed by atoms with Gasteiger partial charge in [-0.1, -0.05) is 18.7 Å². The van der Waals surface area contributed by atoms with Gasteiger partial charge in [0.25, 0.3) is 0 Å². The monoisotopic (exact) mass is 164 g/mol. The first-order valence-electron chi connectivity index (χ1n) is 4.34. The van der Waals surface area contributed by atoms with E-state index in [2.05, 4.69) is 13.5 Å². The molecule has 1 saturated carbocycles. The van der Waals surface area contributed by atoms with Crippen LogP contribution in [0.15, 0.2) is 36.6 Å². The van der Waals surface area contributed by atoms with Crippen LogP contribution in [0.5, 0.6) is 0 Å². The molecule has 0 amide bonds. The highest BCUT2D eigenvalue weighted by Gasteiger charge is 2.40. The topological polar surface area (TPSA) is 9.23 Å².